The van der Waals surface area contributed by atoms with Crippen LogP contribution in [0.15, 0.2) is 23.2 Å². The van der Waals surface area contributed by atoms with Gasteiger partial charge in [0.1, 0.15) is 0 Å². The van der Waals surface area contributed by atoms with Gasteiger partial charge in [-0.05, 0) is 47.2 Å². The van der Waals surface area contributed by atoms with E-state index in [4.69, 9.17) is 0 Å². The molecule has 1 aromatic rings. The van der Waals surface area contributed by atoms with Crippen LogP contribution in [-0.2, 0) is 0 Å². The van der Waals surface area contributed by atoms with Crippen LogP contribution >= 0.6 is 34.4 Å². The highest BCUT2D eigenvalue weighted by atomic mass is 127. The van der Waals surface area contributed by atoms with Crippen molar-refractivity contribution < 1.29 is 0 Å². The van der Waals surface area contributed by atoms with Crippen LogP contribution in [-0.4, -0.2) is 17.5 Å². The van der Waals surface area contributed by atoms with Gasteiger partial charge in [-0.15, -0.1) is 0 Å². The first-order valence-corrected chi connectivity index (χ1v) is 6.53. The average Bonchev–Trinajstić information content (AvgIpc) is 2.66. The molecule has 14 heavy (non-hydrogen) atoms. The largest absolute Gasteiger partial charge is 0.335 e. The number of hydrogen-bond acceptors (Lipinski definition) is 3. The molecule has 0 saturated heterocycles. The smallest absolute Gasteiger partial charge is 0.161 e. The molecule has 0 aromatic heterocycles. The molecule has 1 aliphatic heterocycles. The van der Waals surface area contributed by atoms with E-state index in [1.54, 1.807) is 11.8 Å². The highest BCUT2D eigenvalue weighted by molar-refractivity contribution is 14.1. The molecule has 0 radical (unpaired) electrons. The second kappa shape index (κ2) is 4.53. The number of amidine groups is 1. The summed E-state index contributed by atoms with van der Waals surface area (Å²) in [6.45, 7) is 3.07. The van der Waals surface area contributed by atoms with Gasteiger partial charge in [0.25, 0.3) is 0 Å². The van der Waals surface area contributed by atoms with Crippen molar-refractivity contribution in [3.63, 3.8) is 0 Å². The van der Waals surface area contributed by atoms with Gasteiger partial charge < -0.3 is 5.32 Å². The van der Waals surface area contributed by atoms with Crippen molar-refractivity contribution in [3.05, 3.63) is 27.3 Å². The number of rotatable bonds is 1. The number of halogens is 1. The van der Waals surface area contributed by atoms with Gasteiger partial charge in [-0.2, -0.15) is 0 Å². The maximum absolute atomic E-state index is 4.37. The number of benzene rings is 1. The van der Waals surface area contributed by atoms with Crippen LogP contribution in [0, 0.1) is 10.5 Å². The SMILES string of the molecule is Cc1c(I)cccc1NC1=NCCS1. The standard InChI is InChI=1S/C10H11IN2S/c1-7-8(11)3-2-4-9(7)13-10-12-5-6-14-10/h2-4H,5-6H2,1H3,(H,12,13). The first-order valence-electron chi connectivity index (χ1n) is 4.47. The molecule has 0 amide bonds. The quantitative estimate of drug-likeness (QED) is 0.805. The zero-order valence-electron chi connectivity index (χ0n) is 7.88. The summed E-state index contributed by atoms with van der Waals surface area (Å²) < 4.78 is 1.29. The molecule has 1 heterocycles. The first kappa shape index (κ1) is 10.3. The molecule has 0 aliphatic carbocycles. The van der Waals surface area contributed by atoms with Gasteiger partial charge in [0.2, 0.25) is 0 Å². The molecule has 4 heteroatoms. The van der Waals surface area contributed by atoms with Crippen molar-refractivity contribution in [2.75, 3.05) is 17.6 Å². The predicted octanol–water partition coefficient (Wildman–Crippen LogP) is 3.11. The Morgan fingerprint density at radius 1 is 1.50 bits per heavy atom. The van der Waals surface area contributed by atoms with E-state index in [0.29, 0.717) is 0 Å². The Hall–Kier alpha value is -0.230. The summed E-state index contributed by atoms with van der Waals surface area (Å²) in [4.78, 5) is 4.37. The number of thioether (sulfide) groups is 1. The average molecular weight is 318 g/mol. The highest BCUT2D eigenvalue weighted by Gasteiger charge is 2.08. The van der Waals surface area contributed by atoms with Crippen LogP contribution in [0.25, 0.3) is 0 Å². The second-order valence-electron chi connectivity index (χ2n) is 3.07. The lowest BCUT2D eigenvalue weighted by Gasteiger charge is -2.09. The van der Waals surface area contributed by atoms with Crippen molar-refractivity contribution in [1.82, 2.24) is 0 Å². The molecule has 74 valence electrons. The topological polar surface area (TPSA) is 24.4 Å². The maximum Gasteiger partial charge on any atom is 0.161 e. The maximum atomic E-state index is 4.37. The number of hydrogen-bond donors (Lipinski definition) is 1. The fourth-order valence-electron chi connectivity index (χ4n) is 1.27. The Balaban J connectivity index is 2.20. The van der Waals surface area contributed by atoms with E-state index < -0.39 is 0 Å². The predicted molar refractivity (Wildman–Crippen MR) is 72.3 cm³/mol. The van der Waals surface area contributed by atoms with Gasteiger partial charge in [-0.1, -0.05) is 17.8 Å². The van der Waals surface area contributed by atoms with E-state index in [-0.39, 0.29) is 0 Å². The van der Waals surface area contributed by atoms with Crippen LogP contribution in [0.2, 0.25) is 0 Å². The normalized spacial score (nSPS) is 15.4. The summed E-state index contributed by atoms with van der Waals surface area (Å²) in [5, 5.41) is 4.41. The molecular weight excluding hydrogens is 307 g/mol. The molecule has 2 nitrogen and oxygen atoms in total. The molecule has 2 rings (SSSR count). The summed E-state index contributed by atoms with van der Waals surface area (Å²) in [6.07, 6.45) is 0. The van der Waals surface area contributed by atoms with Crippen LogP contribution in [0.3, 0.4) is 0 Å². The van der Waals surface area contributed by atoms with Crippen LogP contribution in [0.4, 0.5) is 5.69 Å². The lowest BCUT2D eigenvalue weighted by atomic mass is 10.2. The van der Waals surface area contributed by atoms with E-state index in [1.165, 1.54) is 14.8 Å². The van der Waals surface area contributed by atoms with Gasteiger partial charge in [0.05, 0.1) is 6.54 Å². The molecule has 1 aliphatic rings. The van der Waals surface area contributed by atoms with Gasteiger partial charge in [-0.25, -0.2) is 0 Å². The highest BCUT2D eigenvalue weighted by Crippen LogP contribution is 2.22. The van der Waals surface area contributed by atoms with E-state index in [9.17, 15) is 0 Å². The lowest BCUT2D eigenvalue weighted by molar-refractivity contribution is 1.17. The number of nitrogens with one attached hydrogen (secondary N) is 1. The summed E-state index contributed by atoms with van der Waals surface area (Å²) >= 11 is 4.14. The van der Waals surface area contributed by atoms with E-state index in [1.807, 2.05) is 0 Å². The molecule has 0 unspecified atom stereocenters. The minimum Gasteiger partial charge on any atom is -0.335 e. The lowest BCUT2D eigenvalue weighted by Crippen LogP contribution is -2.06. The third kappa shape index (κ3) is 2.23. The van der Waals surface area contributed by atoms with E-state index in [0.717, 1.165) is 17.5 Å². The van der Waals surface area contributed by atoms with Crippen LogP contribution < -0.4 is 5.32 Å². The summed E-state index contributed by atoms with van der Waals surface area (Å²) in [6, 6.07) is 6.28. The molecule has 0 fully saturated rings. The van der Waals surface area contributed by atoms with Crippen LogP contribution in [0.5, 0.6) is 0 Å². The van der Waals surface area contributed by atoms with Crippen molar-refractivity contribution >= 4 is 45.2 Å². The molecule has 1 N–H and O–H groups in total. The molecule has 0 saturated carbocycles. The third-order valence-electron chi connectivity index (χ3n) is 2.09. The monoisotopic (exact) mass is 318 g/mol. The fourth-order valence-corrected chi connectivity index (χ4v) is 2.51. The van der Waals surface area contributed by atoms with E-state index >= 15 is 0 Å². The first-order chi connectivity index (χ1) is 6.77. The minimum absolute atomic E-state index is 0.940. The van der Waals surface area contributed by atoms with E-state index in [2.05, 4.69) is 58.0 Å². The molecule has 1 aromatic carbocycles. The van der Waals surface area contributed by atoms with Crippen molar-refractivity contribution in [3.8, 4) is 0 Å². The Bertz CT molecular complexity index is 376. The van der Waals surface area contributed by atoms with Crippen LogP contribution in [0.1, 0.15) is 5.56 Å². The third-order valence-corrected chi connectivity index (χ3v) is 4.15. The van der Waals surface area contributed by atoms with Gasteiger partial charge in [0, 0.05) is 15.0 Å². The summed E-state index contributed by atoms with van der Waals surface area (Å²) in [5.41, 5.74) is 2.47. The Kier molecular flexibility index (Phi) is 3.33. The number of anilines is 1. The number of aliphatic imine (C=N–C) groups is 1. The zero-order valence-corrected chi connectivity index (χ0v) is 10.9. The zero-order chi connectivity index (χ0) is 9.97. The molecular formula is C10H11IN2S. The van der Waals surface area contributed by atoms with Crippen molar-refractivity contribution in [1.29, 1.82) is 0 Å². The van der Waals surface area contributed by atoms with Crippen molar-refractivity contribution in [2.45, 2.75) is 6.92 Å². The van der Waals surface area contributed by atoms with Gasteiger partial charge in [0.15, 0.2) is 5.17 Å². The van der Waals surface area contributed by atoms with Gasteiger partial charge >= 0.3 is 0 Å². The Morgan fingerprint density at radius 3 is 3.07 bits per heavy atom. The fraction of sp³-hybridized carbons (Fsp3) is 0.300. The minimum atomic E-state index is 0.940. The summed E-state index contributed by atoms with van der Waals surface area (Å²) in [7, 11) is 0. The summed E-state index contributed by atoms with van der Waals surface area (Å²) in [5.74, 6) is 1.10. The molecule has 0 spiro atoms. The number of nitrogens with zero attached hydrogens (tertiary/aromatic N) is 1. The van der Waals surface area contributed by atoms with Gasteiger partial charge in [-0.3, -0.25) is 4.99 Å². The van der Waals surface area contributed by atoms with Crippen molar-refractivity contribution in [2.24, 2.45) is 4.99 Å². The Labute approximate surface area is 102 Å². The molecule has 0 atom stereocenters. The second-order valence-corrected chi connectivity index (χ2v) is 5.32. The molecule has 0 bridgehead atoms. The Morgan fingerprint density at radius 2 is 2.36 bits per heavy atom.